The average molecular weight is 329 g/mol. The number of hydrogen-bond acceptors (Lipinski definition) is 5. The molecule has 0 spiro atoms. The summed E-state index contributed by atoms with van der Waals surface area (Å²) in [5.74, 6) is 0.625. The van der Waals surface area contributed by atoms with E-state index >= 15 is 0 Å². The molecule has 1 N–H and O–H groups in total. The quantitative estimate of drug-likeness (QED) is 0.625. The van der Waals surface area contributed by atoms with Gasteiger partial charge in [-0.1, -0.05) is 17.7 Å². The van der Waals surface area contributed by atoms with Crippen molar-refractivity contribution in [2.75, 3.05) is 0 Å². The first-order valence-electron chi connectivity index (χ1n) is 6.45. The molecule has 4 rings (SSSR count). The van der Waals surface area contributed by atoms with Crippen LogP contribution in [0, 0.1) is 0 Å². The van der Waals surface area contributed by atoms with Gasteiger partial charge in [-0.3, -0.25) is 5.10 Å². The fourth-order valence-electron chi connectivity index (χ4n) is 2.18. The molecular formula is C14H9ClN6S. The van der Waals surface area contributed by atoms with Gasteiger partial charge in [0.05, 0.1) is 28.0 Å². The Morgan fingerprint density at radius 2 is 2.00 bits per heavy atom. The summed E-state index contributed by atoms with van der Waals surface area (Å²) in [6.07, 6.45) is 1.73. The van der Waals surface area contributed by atoms with Crippen LogP contribution in [0.25, 0.3) is 27.6 Å². The molecule has 0 atom stereocenters. The maximum Gasteiger partial charge on any atom is 0.190 e. The van der Waals surface area contributed by atoms with Crippen molar-refractivity contribution in [1.82, 2.24) is 30.4 Å². The molecule has 3 heterocycles. The zero-order valence-electron chi connectivity index (χ0n) is 11.1. The summed E-state index contributed by atoms with van der Waals surface area (Å²) in [6, 6.07) is 11.4. The van der Waals surface area contributed by atoms with Crippen LogP contribution in [0.1, 0.15) is 0 Å². The Morgan fingerprint density at radius 3 is 2.77 bits per heavy atom. The van der Waals surface area contributed by atoms with E-state index in [9.17, 15) is 0 Å². The molecule has 4 aromatic rings. The first-order chi connectivity index (χ1) is 10.8. The summed E-state index contributed by atoms with van der Waals surface area (Å²) < 4.78 is 1.66. The largest absolute Gasteiger partial charge is 0.276 e. The molecule has 0 unspecified atom stereocenters. The lowest BCUT2D eigenvalue weighted by Gasteiger charge is -2.04. The van der Waals surface area contributed by atoms with Crippen molar-refractivity contribution >= 4 is 22.9 Å². The fourth-order valence-corrected chi connectivity index (χ4v) is 3.04. The van der Waals surface area contributed by atoms with Crippen LogP contribution in [0.4, 0.5) is 0 Å². The monoisotopic (exact) mass is 328 g/mol. The van der Waals surface area contributed by atoms with E-state index < -0.39 is 0 Å². The van der Waals surface area contributed by atoms with Crippen LogP contribution in [0.5, 0.6) is 0 Å². The van der Waals surface area contributed by atoms with Gasteiger partial charge in [-0.05, 0) is 46.1 Å². The number of thiophene rings is 1. The van der Waals surface area contributed by atoms with Gasteiger partial charge in [-0.15, -0.1) is 16.4 Å². The average Bonchev–Trinajstić information content (AvgIpc) is 3.27. The van der Waals surface area contributed by atoms with Gasteiger partial charge in [-0.2, -0.15) is 9.78 Å². The van der Waals surface area contributed by atoms with Gasteiger partial charge >= 0.3 is 0 Å². The van der Waals surface area contributed by atoms with Crippen molar-refractivity contribution in [1.29, 1.82) is 0 Å². The third-order valence-electron chi connectivity index (χ3n) is 3.19. The molecule has 3 aromatic heterocycles. The normalized spacial score (nSPS) is 11.0. The Kier molecular flexibility index (Phi) is 3.21. The van der Waals surface area contributed by atoms with E-state index in [0.717, 1.165) is 21.8 Å². The highest BCUT2D eigenvalue weighted by Crippen LogP contribution is 2.32. The third kappa shape index (κ3) is 2.20. The number of halogens is 1. The van der Waals surface area contributed by atoms with Gasteiger partial charge in [-0.25, -0.2) is 0 Å². The summed E-state index contributed by atoms with van der Waals surface area (Å²) in [7, 11) is 0. The molecule has 22 heavy (non-hydrogen) atoms. The van der Waals surface area contributed by atoms with Crippen LogP contribution in [0.15, 0.2) is 48.0 Å². The van der Waals surface area contributed by atoms with E-state index in [1.807, 2.05) is 29.6 Å². The van der Waals surface area contributed by atoms with E-state index in [0.29, 0.717) is 10.8 Å². The van der Waals surface area contributed by atoms with Gasteiger partial charge in [0.1, 0.15) is 0 Å². The lowest BCUT2D eigenvalue weighted by atomic mass is 10.2. The van der Waals surface area contributed by atoms with Gasteiger partial charge in [0.15, 0.2) is 5.82 Å². The Labute approximate surface area is 134 Å². The summed E-state index contributed by atoms with van der Waals surface area (Å²) in [5, 5.41) is 21.8. The lowest BCUT2D eigenvalue weighted by molar-refractivity contribution is 0.791. The Morgan fingerprint density at radius 1 is 1.14 bits per heavy atom. The summed E-state index contributed by atoms with van der Waals surface area (Å²) in [6.45, 7) is 0. The van der Waals surface area contributed by atoms with Crippen molar-refractivity contribution in [2.45, 2.75) is 0 Å². The molecule has 0 saturated heterocycles. The molecule has 0 saturated carbocycles. The molecule has 108 valence electrons. The van der Waals surface area contributed by atoms with Crippen LogP contribution in [-0.4, -0.2) is 30.4 Å². The van der Waals surface area contributed by atoms with E-state index in [4.69, 9.17) is 11.6 Å². The van der Waals surface area contributed by atoms with Crippen LogP contribution >= 0.6 is 22.9 Å². The minimum atomic E-state index is 0.625. The van der Waals surface area contributed by atoms with E-state index in [-0.39, 0.29) is 0 Å². The molecule has 0 aliphatic rings. The van der Waals surface area contributed by atoms with Gasteiger partial charge in [0, 0.05) is 5.02 Å². The Balaban J connectivity index is 1.84. The molecule has 0 bridgehead atoms. The molecule has 0 aliphatic carbocycles. The van der Waals surface area contributed by atoms with Crippen LogP contribution in [-0.2, 0) is 0 Å². The van der Waals surface area contributed by atoms with Crippen LogP contribution < -0.4 is 0 Å². The number of aromatic amines is 1. The third-order valence-corrected chi connectivity index (χ3v) is 4.33. The molecule has 8 heteroatoms. The zero-order chi connectivity index (χ0) is 14.9. The highest BCUT2D eigenvalue weighted by molar-refractivity contribution is 7.13. The molecule has 0 radical (unpaired) electrons. The van der Waals surface area contributed by atoms with E-state index in [2.05, 4.69) is 25.7 Å². The number of H-pyrrole nitrogens is 1. The topological polar surface area (TPSA) is 72.3 Å². The number of benzene rings is 1. The summed E-state index contributed by atoms with van der Waals surface area (Å²) >= 11 is 7.56. The second-order valence-corrected chi connectivity index (χ2v) is 5.91. The maximum absolute atomic E-state index is 5.93. The van der Waals surface area contributed by atoms with Crippen molar-refractivity contribution < 1.29 is 0 Å². The van der Waals surface area contributed by atoms with Gasteiger partial charge in [0.2, 0.25) is 0 Å². The number of hydrogen-bond donors (Lipinski definition) is 1. The van der Waals surface area contributed by atoms with Crippen molar-refractivity contribution in [3.8, 4) is 27.6 Å². The van der Waals surface area contributed by atoms with Crippen molar-refractivity contribution in [3.63, 3.8) is 0 Å². The van der Waals surface area contributed by atoms with Crippen molar-refractivity contribution in [2.24, 2.45) is 0 Å². The molecule has 0 fully saturated rings. The smallest absolute Gasteiger partial charge is 0.190 e. The molecule has 0 amide bonds. The van der Waals surface area contributed by atoms with Gasteiger partial charge < -0.3 is 0 Å². The second-order valence-electron chi connectivity index (χ2n) is 4.53. The molecule has 6 nitrogen and oxygen atoms in total. The highest BCUT2D eigenvalue weighted by atomic mass is 35.5. The predicted octanol–water partition coefficient (Wildman–Crippen LogP) is 3.43. The standard InChI is InChI=1S/C14H9ClN6S/c15-9-3-5-10(6-4-9)21-14(18-19-20-21)11-8-16-17-13(11)12-2-1-7-22-12/h1-8H,(H,16,17). The SMILES string of the molecule is Clc1ccc(-n2nnnc2-c2cn[nH]c2-c2cccs2)cc1. The van der Waals surface area contributed by atoms with E-state index in [1.165, 1.54) is 0 Å². The molecule has 0 aliphatic heterocycles. The molecular weight excluding hydrogens is 320 g/mol. The van der Waals surface area contributed by atoms with Crippen molar-refractivity contribution in [3.05, 3.63) is 53.0 Å². The number of aromatic nitrogens is 6. The first-order valence-corrected chi connectivity index (χ1v) is 7.70. The number of nitrogens with zero attached hydrogens (tertiary/aromatic N) is 5. The minimum Gasteiger partial charge on any atom is -0.276 e. The molecule has 1 aromatic carbocycles. The Bertz CT molecular complexity index is 894. The van der Waals surface area contributed by atoms with Gasteiger partial charge in [0.25, 0.3) is 0 Å². The highest BCUT2D eigenvalue weighted by Gasteiger charge is 2.18. The zero-order valence-corrected chi connectivity index (χ0v) is 12.7. The number of rotatable bonds is 3. The number of nitrogens with one attached hydrogen (secondary N) is 1. The maximum atomic E-state index is 5.93. The fraction of sp³-hybridized carbons (Fsp3) is 0. The predicted molar refractivity (Wildman–Crippen MR) is 85.1 cm³/mol. The van der Waals surface area contributed by atoms with Crippen LogP contribution in [0.2, 0.25) is 5.02 Å². The van der Waals surface area contributed by atoms with Crippen LogP contribution in [0.3, 0.4) is 0 Å². The second kappa shape index (κ2) is 5.36. The Hall–Kier alpha value is -2.51. The first kappa shape index (κ1) is 13.2. The lowest BCUT2D eigenvalue weighted by Crippen LogP contribution is -1.99. The summed E-state index contributed by atoms with van der Waals surface area (Å²) in [4.78, 5) is 1.08. The number of tetrazole rings is 1. The summed E-state index contributed by atoms with van der Waals surface area (Å²) in [5.41, 5.74) is 2.59. The van der Waals surface area contributed by atoms with E-state index in [1.54, 1.807) is 34.3 Å². The minimum absolute atomic E-state index is 0.625.